The number of rotatable bonds is 3. The van der Waals surface area contributed by atoms with E-state index in [4.69, 9.17) is 5.11 Å². The summed E-state index contributed by atoms with van der Waals surface area (Å²) in [5, 5.41) is 10.1. The van der Waals surface area contributed by atoms with Gasteiger partial charge in [-0.1, -0.05) is 0 Å². The van der Waals surface area contributed by atoms with Crippen LogP contribution in [0.25, 0.3) is 0 Å². The first-order valence-electron chi connectivity index (χ1n) is 3.60. The average Bonchev–Trinajstić information content (AvgIpc) is 2.47. The third kappa shape index (κ3) is 2.52. The number of carbonyl (C=O) groups is 2. The number of ketones is 1. The van der Waals surface area contributed by atoms with E-state index in [0.29, 0.717) is 4.88 Å². The molecule has 1 N–H and O–H groups in total. The van der Waals surface area contributed by atoms with Crippen LogP contribution in [0.4, 0.5) is 0 Å². The van der Waals surface area contributed by atoms with Gasteiger partial charge in [0.05, 0.1) is 4.88 Å². The molecule has 68 valence electrons. The number of carboxylic acids is 1. The van der Waals surface area contributed by atoms with Crippen molar-refractivity contribution < 1.29 is 14.7 Å². The number of carboxylic acid groups (broad SMARTS) is 1. The lowest BCUT2D eigenvalue weighted by Gasteiger charge is -1.90. The number of hydrogen-bond donors (Lipinski definition) is 1. The molecule has 4 heteroatoms. The maximum atomic E-state index is 11.3. The Morgan fingerprint density at radius 1 is 1.46 bits per heavy atom. The lowest BCUT2D eigenvalue weighted by atomic mass is 10.2. The summed E-state index contributed by atoms with van der Waals surface area (Å²) in [5.74, 6) is -1.36. The summed E-state index contributed by atoms with van der Waals surface area (Å²) in [4.78, 5) is 22.0. The molecule has 3 nitrogen and oxygen atoms in total. The molecule has 0 aliphatic carbocycles. The van der Waals surface area contributed by atoms with Crippen LogP contribution in [-0.4, -0.2) is 16.9 Å². The van der Waals surface area contributed by atoms with Gasteiger partial charge in [-0.3, -0.25) is 4.79 Å². The van der Waals surface area contributed by atoms with Crippen LogP contribution in [0.3, 0.4) is 0 Å². The van der Waals surface area contributed by atoms with E-state index >= 15 is 0 Å². The minimum absolute atomic E-state index is 0.255. The number of aliphatic carboxylic acids is 1. The van der Waals surface area contributed by atoms with Crippen molar-refractivity contribution in [3.05, 3.63) is 34.0 Å². The molecule has 0 atom stereocenters. The van der Waals surface area contributed by atoms with Crippen LogP contribution in [0.5, 0.6) is 0 Å². The van der Waals surface area contributed by atoms with Gasteiger partial charge in [0.2, 0.25) is 0 Å². The summed E-state index contributed by atoms with van der Waals surface area (Å²) in [5.41, 5.74) is 0.880. The SMILES string of the molecule is Cc1ccsc1C(=O)C=CC(=O)O. The van der Waals surface area contributed by atoms with Crippen molar-refractivity contribution in [2.75, 3.05) is 0 Å². The summed E-state index contributed by atoms with van der Waals surface area (Å²) >= 11 is 1.32. The molecule has 1 aromatic rings. The third-order valence-corrected chi connectivity index (χ3v) is 2.49. The fourth-order valence-corrected chi connectivity index (χ4v) is 1.69. The van der Waals surface area contributed by atoms with Crippen molar-refractivity contribution >= 4 is 23.1 Å². The van der Waals surface area contributed by atoms with Gasteiger partial charge in [-0.05, 0) is 30.0 Å². The fourth-order valence-electron chi connectivity index (χ4n) is 0.848. The van der Waals surface area contributed by atoms with Crippen molar-refractivity contribution in [2.24, 2.45) is 0 Å². The molecule has 0 spiro atoms. The van der Waals surface area contributed by atoms with Gasteiger partial charge in [-0.2, -0.15) is 0 Å². The molecule has 0 bridgehead atoms. The first-order valence-corrected chi connectivity index (χ1v) is 4.48. The topological polar surface area (TPSA) is 54.4 Å². The van der Waals surface area contributed by atoms with Gasteiger partial charge in [0.25, 0.3) is 0 Å². The van der Waals surface area contributed by atoms with Gasteiger partial charge in [0.15, 0.2) is 5.78 Å². The van der Waals surface area contributed by atoms with E-state index < -0.39 is 5.97 Å². The molecule has 0 aliphatic rings. The molecule has 0 saturated heterocycles. The molecule has 0 radical (unpaired) electrons. The molecule has 1 heterocycles. The maximum Gasteiger partial charge on any atom is 0.328 e. The van der Waals surface area contributed by atoms with E-state index in [2.05, 4.69) is 0 Å². The quantitative estimate of drug-likeness (QED) is 0.593. The molecule has 0 saturated carbocycles. The highest BCUT2D eigenvalue weighted by molar-refractivity contribution is 7.12. The minimum Gasteiger partial charge on any atom is -0.478 e. The molecule has 0 fully saturated rings. The average molecular weight is 196 g/mol. The highest BCUT2D eigenvalue weighted by Gasteiger charge is 2.06. The zero-order chi connectivity index (χ0) is 9.84. The predicted molar refractivity (Wildman–Crippen MR) is 50.2 cm³/mol. The van der Waals surface area contributed by atoms with E-state index in [1.54, 1.807) is 5.38 Å². The number of aryl methyl sites for hydroxylation is 1. The van der Waals surface area contributed by atoms with E-state index in [1.807, 2.05) is 13.0 Å². The Kier molecular flexibility index (Phi) is 2.97. The van der Waals surface area contributed by atoms with Crippen LogP contribution in [0.2, 0.25) is 0 Å². The molecule has 1 aromatic heterocycles. The van der Waals surface area contributed by atoms with Gasteiger partial charge in [0.1, 0.15) is 0 Å². The Hall–Kier alpha value is -1.42. The molecule has 13 heavy (non-hydrogen) atoms. The summed E-state index contributed by atoms with van der Waals surface area (Å²) in [6.45, 7) is 1.82. The van der Waals surface area contributed by atoms with Gasteiger partial charge in [-0.15, -0.1) is 11.3 Å². The fraction of sp³-hybridized carbons (Fsp3) is 0.111. The monoisotopic (exact) mass is 196 g/mol. The Bertz CT molecular complexity index is 363. The van der Waals surface area contributed by atoms with Gasteiger partial charge in [0, 0.05) is 6.08 Å². The van der Waals surface area contributed by atoms with Crippen molar-refractivity contribution in [3.63, 3.8) is 0 Å². The summed E-state index contributed by atoms with van der Waals surface area (Å²) in [6, 6.07) is 1.83. The molecule has 0 amide bonds. The van der Waals surface area contributed by atoms with Crippen molar-refractivity contribution in [1.82, 2.24) is 0 Å². The van der Waals surface area contributed by atoms with Crippen LogP contribution in [0, 0.1) is 6.92 Å². The van der Waals surface area contributed by atoms with E-state index in [0.717, 1.165) is 17.7 Å². The minimum atomic E-state index is -1.11. The van der Waals surface area contributed by atoms with Crippen LogP contribution >= 0.6 is 11.3 Å². The van der Waals surface area contributed by atoms with E-state index in [1.165, 1.54) is 11.3 Å². The molecule has 1 rings (SSSR count). The highest BCUT2D eigenvalue weighted by Crippen LogP contribution is 2.16. The van der Waals surface area contributed by atoms with Gasteiger partial charge in [-0.25, -0.2) is 4.79 Å². The largest absolute Gasteiger partial charge is 0.478 e. The van der Waals surface area contributed by atoms with Crippen molar-refractivity contribution in [2.45, 2.75) is 6.92 Å². The first-order chi connectivity index (χ1) is 6.11. The number of hydrogen-bond acceptors (Lipinski definition) is 3. The van der Waals surface area contributed by atoms with Crippen LogP contribution in [0.1, 0.15) is 15.2 Å². The van der Waals surface area contributed by atoms with Gasteiger partial charge >= 0.3 is 5.97 Å². The van der Waals surface area contributed by atoms with Crippen LogP contribution < -0.4 is 0 Å². The van der Waals surface area contributed by atoms with E-state index in [-0.39, 0.29) is 5.78 Å². The number of carbonyl (C=O) groups excluding carboxylic acids is 1. The maximum absolute atomic E-state index is 11.3. The molecule has 0 unspecified atom stereocenters. The highest BCUT2D eigenvalue weighted by atomic mass is 32.1. The normalized spacial score (nSPS) is 10.5. The summed E-state index contributed by atoms with van der Waals surface area (Å²) in [7, 11) is 0. The second-order valence-electron chi connectivity index (χ2n) is 2.47. The van der Waals surface area contributed by atoms with Crippen LogP contribution in [0.15, 0.2) is 23.6 Å². The lowest BCUT2D eigenvalue weighted by molar-refractivity contribution is -0.131. The summed E-state index contributed by atoms with van der Waals surface area (Å²) < 4.78 is 0. The lowest BCUT2D eigenvalue weighted by Crippen LogP contribution is -1.95. The smallest absolute Gasteiger partial charge is 0.328 e. The summed E-state index contributed by atoms with van der Waals surface area (Å²) in [6.07, 6.45) is 1.92. The van der Waals surface area contributed by atoms with Gasteiger partial charge < -0.3 is 5.11 Å². The third-order valence-electron chi connectivity index (χ3n) is 1.46. The molecular formula is C9H8O3S. The molecule has 0 aromatic carbocycles. The Morgan fingerprint density at radius 2 is 2.15 bits per heavy atom. The predicted octanol–water partition coefficient (Wildman–Crippen LogP) is 1.88. The standard InChI is InChI=1S/C9H8O3S/c1-6-4-5-13-9(6)7(10)2-3-8(11)12/h2-5H,1H3,(H,11,12). The first kappa shape index (κ1) is 9.67. The Labute approximate surface area is 79.3 Å². The second-order valence-corrected chi connectivity index (χ2v) is 3.38. The number of allylic oxidation sites excluding steroid dienone is 1. The zero-order valence-corrected chi connectivity index (χ0v) is 7.80. The number of thiophene rings is 1. The second kappa shape index (κ2) is 4.00. The molecule has 0 aliphatic heterocycles. The van der Waals surface area contributed by atoms with Crippen molar-refractivity contribution in [1.29, 1.82) is 0 Å². The molecular weight excluding hydrogens is 188 g/mol. The van der Waals surface area contributed by atoms with Crippen LogP contribution in [-0.2, 0) is 4.79 Å². The van der Waals surface area contributed by atoms with Crippen molar-refractivity contribution in [3.8, 4) is 0 Å². The van der Waals surface area contributed by atoms with E-state index in [9.17, 15) is 9.59 Å². The zero-order valence-electron chi connectivity index (χ0n) is 6.98. The Balaban J connectivity index is 2.81. The Morgan fingerprint density at radius 3 is 2.62 bits per heavy atom.